The lowest BCUT2D eigenvalue weighted by atomic mass is 10.1. The highest BCUT2D eigenvalue weighted by Gasteiger charge is 2.40. The molecule has 1 N–H and O–H groups in total. The molecule has 138 valence electrons. The second-order valence-electron chi connectivity index (χ2n) is 6.50. The molecular weight excluding hydrogens is 345 g/mol. The molecule has 25 heavy (non-hydrogen) atoms. The van der Waals surface area contributed by atoms with Crippen LogP contribution in [0.1, 0.15) is 36.8 Å². The molecule has 0 aliphatic carbocycles. The number of hydrogen-bond acceptors (Lipinski definition) is 5. The van der Waals surface area contributed by atoms with Crippen LogP contribution in [0.25, 0.3) is 0 Å². The highest BCUT2D eigenvalue weighted by Crippen LogP contribution is 2.36. The van der Waals surface area contributed by atoms with E-state index < -0.39 is 47.0 Å². The van der Waals surface area contributed by atoms with E-state index >= 15 is 0 Å². The van der Waals surface area contributed by atoms with Crippen LogP contribution in [-0.2, 0) is 10.9 Å². The van der Waals surface area contributed by atoms with Crippen LogP contribution in [0.15, 0.2) is 12.3 Å². The summed E-state index contributed by atoms with van der Waals surface area (Å²) in [5.74, 6) is -2.10. The lowest BCUT2D eigenvalue weighted by Crippen LogP contribution is -2.57. The maximum Gasteiger partial charge on any atom is 0.437 e. The van der Waals surface area contributed by atoms with Gasteiger partial charge in [-0.05, 0) is 26.8 Å². The van der Waals surface area contributed by atoms with Gasteiger partial charge in [0.15, 0.2) is 11.4 Å². The molecule has 1 amide bonds. The van der Waals surface area contributed by atoms with E-state index in [1.54, 1.807) is 20.8 Å². The Balaban J connectivity index is 2.07. The van der Waals surface area contributed by atoms with Crippen molar-refractivity contribution in [2.75, 3.05) is 13.1 Å². The van der Waals surface area contributed by atoms with Crippen molar-refractivity contribution in [2.45, 2.75) is 38.7 Å². The fourth-order valence-corrected chi connectivity index (χ4v) is 2.03. The van der Waals surface area contributed by atoms with Gasteiger partial charge >= 0.3 is 18.2 Å². The van der Waals surface area contributed by atoms with Gasteiger partial charge in [-0.25, -0.2) is 14.6 Å². The Morgan fingerprint density at radius 1 is 1.28 bits per heavy atom. The van der Waals surface area contributed by atoms with Gasteiger partial charge in [0.1, 0.15) is 11.7 Å². The SMILES string of the molecule is CC(C)(C)OC(=O)N1CC(Oc2cc(C(=O)O)cnc2C(F)(F)F)C1. The zero-order valence-corrected chi connectivity index (χ0v) is 13.8. The summed E-state index contributed by atoms with van der Waals surface area (Å²) in [5.41, 5.74) is -2.42. The normalized spacial score (nSPS) is 15.5. The van der Waals surface area contributed by atoms with Gasteiger partial charge in [-0.2, -0.15) is 13.2 Å². The van der Waals surface area contributed by atoms with E-state index in [-0.39, 0.29) is 13.1 Å². The van der Waals surface area contributed by atoms with Crippen LogP contribution < -0.4 is 4.74 Å². The first-order valence-corrected chi connectivity index (χ1v) is 7.32. The molecule has 0 bridgehead atoms. The predicted molar refractivity (Wildman–Crippen MR) is 78.4 cm³/mol. The Morgan fingerprint density at radius 2 is 1.88 bits per heavy atom. The van der Waals surface area contributed by atoms with Crippen LogP contribution in [-0.4, -0.2) is 51.8 Å². The Kier molecular flexibility index (Phi) is 4.83. The molecule has 1 aliphatic heterocycles. The summed E-state index contributed by atoms with van der Waals surface area (Å²) in [5, 5.41) is 8.89. The molecule has 1 aromatic heterocycles. The summed E-state index contributed by atoms with van der Waals surface area (Å²) >= 11 is 0. The van der Waals surface area contributed by atoms with Gasteiger partial charge in [0.05, 0.1) is 18.7 Å². The Morgan fingerprint density at radius 3 is 2.36 bits per heavy atom. The first-order valence-electron chi connectivity index (χ1n) is 7.32. The van der Waals surface area contributed by atoms with Crippen molar-refractivity contribution in [1.29, 1.82) is 0 Å². The molecule has 1 aliphatic rings. The minimum absolute atomic E-state index is 0.0313. The van der Waals surface area contributed by atoms with Gasteiger partial charge in [-0.1, -0.05) is 0 Å². The number of hydrogen-bond donors (Lipinski definition) is 1. The number of rotatable bonds is 3. The fourth-order valence-electron chi connectivity index (χ4n) is 2.03. The summed E-state index contributed by atoms with van der Waals surface area (Å²) < 4.78 is 49.3. The van der Waals surface area contributed by atoms with Crippen LogP contribution in [0.2, 0.25) is 0 Å². The van der Waals surface area contributed by atoms with Crippen molar-refractivity contribution in [3.63, 3.8) is 0 Å². The van der Waals surface area contributed by atoms with Gasteiger partial charge in [-0.15, -0.1) is 0 Å². The van der Waals surface area contributed by atoms with E-state index in [0.717, 1.165) is 6.07 Å². The number of amides is 1. The molecule has 0 aromatic carbocycles. The molecular formula is C15H17F3N2O5. The van der Waals surface area contributed by atoms with E-state index in [1.807, 2.05) is 0 Å². The van der Waals surface area contributed by atoms with Crippen LogP contribution in [0.3, 0.4) is 0 Å². The number of halogens is 3. The van der Waals surface area contributed by atoms with E-state index in [9.17, 15) is 22.8 Å². The number of carbonyl (C=O) groups excluding carboxylic acids is 1. The minimum Gasteiger partial charge on any atom is -0.484 e. The van der Waals surface area contributed by atoms with Gasteiger partial charge in [0.2, 0.25) is 0 Å². The number of aromatic carboxylic acids is 1. The molecule has 0 unspecified atom stereocenters. The van der Waals surface area contributed by atoms with Gasteiger partial charge < -0.3 is 19.5 Å². The quantitative estimate of drug-likeness (QED) is 0.889. The number of carboxylic acid groups (broad SMARTS) is 1. The zero-order chi connectivity index (χ0) is 19.0. The van der Waals surface area contributed by atoms with E-state index in [2.05, 4.69) is 4.98 Å². The lowest BCUT2D eigenvalue weighted by molar-refractivity contribution is -0.143. The number of likely N-dealkylation sites (tertiary alicyclic amines) is 1. The highest BCUT2D eigenvalue weighted by molar-refractivity contribution is 5.87. The van der Waals surface area contributed by atoms with Crippen molar-refractivity contribution in [1.82, 2.24) is 9.88 Å². The van der Waals surface area contributed by atoms with Gasteiger partial charge in [-0.3, -0.25) is 0 Å². The number of alkyl halides is 3. The van der Waals surface area contributed by atoms with Crippen LogP contribution in [0, 0.1) is 0 Å². The summed E-state index contributed by atoms with van der Waals surface area (Å²) in [6, 6.07) is 0.772. The predicted octanol–water partition coefficient (Wildman–Crippen LogP) is 2.80. The zero-order valence-electron chi connectivity index (χ0n) is 13.8. The largest absolute Gasteiger partial charge is 0.484 e. The number of aromatic nitrogens is 1. The highest BCUT2D eigenvalue weighted by atomic mass is 19.4. The molecule has 2 rings (SSSR count). The van der Waals surface area contributed by atoms with Crippen molar-refractivity contribution in [3.8, 4) is 5.75 Å². The maximum absolute atomic E-state index is 13.0. The first kappa shape index (κ1) is 18.8. The molecule has 0 radical (unpaired) electrons. The standard InChI is InChI=1S/C15H17F3N2O5/c1-14(2,3)25-13(23)20-6-9(7-20)24-10-4-8(12(21)22)5-19-11(10)15(16,17)18/h4-5,9H,6-7H2,1-3H3,(H,21,22). The molecule has 2 heterocycles. The van der Waals surface area contributed by atoms with E-state index in [1.165, 1.54) is 4.90 Å². The summed E-state index contributed by atoms with van der Waals surface area (Å²) in [6.45, 7) is 5.14. The van der Waals surface area contributed by atoms with Crippen LogP contribution >= 0.6 is 0 Å². The smallest absolute Gasteiger partial charge is 0.437 e. The van der Waals surface area contributed by atoms with E-state index in [0.29, 0.717) is 6.20 Å². The van der Waals surface area contributed by atoms with Crippen molar-refractivity contribution >= 4 is 12.1 Å². The van der Waals surface area contributed by atoms with Gasteiger partial charge in [0, 0.05) is 6.20 Å². The number of pyridine rings is 1. The lowest BCUT2D eigenvalue weighted by Gasteiger charge is -2.39. The Labute approximate surface area is 141 Å². The molecule has 0 atom stereocenters. The third-order valence-electron chi connectivity index (χ3n) is 3.16. The maximum atomic E-state index is 13.0. The molecule has 0 spiro atoms. The second kappa shape index (κ2) is 6.41. The Bertz CT molecular complexity index is 679. The third kappa shape index (κ3) is 4.74. The number of ether oxygens (including phenoxy) is 2. The molecule has 7 nitrogen and oxygen atoms in total. The summed E-state index contributed by atoms with van der Waals surface area (Å²) in [7, 11) is 0. The summed E-state index contributed by atoms with van der Waals surface area (Å²) in [6.07, 6.45) is -5.48. The molecule has 10 heteroatoms. The van der Waals surface area contributed by atoms with Crippen molar-refractivity contribution < 1.29 is 37.3 Å². The monoisotopic (exact) mass is 362 g/mol. The average molecular weight is 362 g/mol. The fraction of sp³-hybridized carbons (Fsp3) is 0.533. The topological polar surface area (TPSA) is 89.0 Å². The van der Waals surface area contributed by atoms with Crippen LogP contribution in [0.5, 0.6) is 5.75 Å². The number of carbonyl (C=O) groups is 2. The minimum atomic E-state index is -4.79. The van der Waals surface area contributed by atoms with Gasteiger partial charge in [0.25, 0.3) is 0 Å². The number of nitrogens with zero attached hydrogens (tertiary/aromatic N) is 2. The molecule has 1 fully saturated rings. The molecule has 1 saturated heterocycles. The second-order valence-corrected chi connectivity index (χ2v) is 6.50. The third-order valence-corrected chi connectivity index (χ3v) is 3.16. The number of carboxylic acids is 1. The average Bonchev–Trinajstić information content (AvgIpc) is 2.38. The first-order chi connectivity index (χ1) is 11.4. The van der Waals surface area contributed by atoms with Crippen molar-refractivity contribution in [2.24, 2.45) is 0 Å². The van der Waals surface area contributed by atoms with E-state index in [4.69, 9.17) is 14.6 Å². The van der Waals surface area contributed by atoms with Crippen molar-refractivity contribution in [3.05, 3.63) is 23.5 Å². The molecule has 1 aromatic rings. The Hall–Kier alpha value is -2.52. The van der Waals surface area contributed by atoms with Crippen LogP contribution in [0.4, 0.5) is 18.0 Å². The molecule has 0 saturated carbocycles. The summed E-state index contributed by atoms with van der Waals surface area (Å²) in [4.78, 5) is 27.1.